The first-order valence-corrected chi connectivity index (χ1v) is 7.86. The van der Waals surface area contributed by atoms with Crippen molar-refractivity contribution in [1.82, 2.24) is 0 Å². The maximum Gasteiger partial charge on any atom is 0.308 e. The van der Waals surface area contributed by atoms with Gasteiger partial charge in [-0.2, -0.15) is 5.26 Å². The van der Waals surface area contributed by atoms with Gasteiger partial charge in [0.15, 0.2) is 5.75 Å². The summed E-state index contributed by atoms with van der Waals surface area (Å²) in [7, 11) is 0. The SMILES string of the molecule is CC(=O)Oc1cc([N+](=O)[O-])ccc1Sc1ccc(C(C)C#N)cc1. The summed E-state index contributed by atoms with van der Waals surface area (Å²) in [5.41, 5.74) is 0.763. The zero-order valence-corrected chi connectivity index (χ0v) is 13.9. The summed E-state index contributed by atoms with van der Waals surface area (Å²) < 4.78 is 5.08. The Kier molecular flexibility index (Phi) is 5.55. The van der Waals surface area contributed by atoms with Crippen LogP contribution in [0.25, 0.3) is 0 Å². The molecule has 2 aromatic carbocycles. The molecule has 6 nitrogen and oxygen atoms in total. The summed E-state index contributed by atoms with van der Waals surface area (Å²) in [6.45, 7) is 3.06. The molecule has 7 heteroatoms. The summed E-state index contributed by atoms with van der Waals surface area (Å²) in [5.74, 6) is -0.591. The molecule has 0 aromatic heterocycles. The lowest BCUT2D eigenvalue weighted by molar-refractivity contribution is -0.385. The fourth-order valence-corrected chi connectivity index (χ4v) is 2.82. The molecule has 0 spiro atoms. The van der Waals surface area contributed by atoms with Crippen LogP contribution in [0.1, 0.15) is 25.3 Å². The molecule has 0 saturated heterocycles. The van der Waals surface area contributed by atoms with E-state index < -0.39 is 10.9 Å². The average Bonchev–Trinajstić information content (AvgIpc) is 2.55. The Morgan fingerprint density at radius 1 is 1.29 bits per heavy atom. The maximum atomic E-state index is 11.2. The lowest BCUT2D eigenvalue weighted by Crippen LogP contribution is -2.03. The molecule has 2 aromatic rings. The number of benzene rings is 2. The van der Waals surface area contributed by atoms with Gasteiger partial charge in [-0.1, -0.05) is 23.9 Å². The molecule has 2 rings (SSSR count). The van der Waals surface area contributed by atoms with Crippen molar-refractivity contribution in [3.8, 4) is 11.8 Å². The number of carbonyl (C=O) groups excluding carboxylic acids is 1. The Bertz CT molecular complexity index is 812. The van der Waals surface area contributed by atoms with E-state index in [1.807, 2.05) is 31.2 Å². The van der Waals surface area contributed by atoms with Crippen molar-refractivity contribution in [2.24, 2.45) is 0 Å². The molecule has 0 fully saturated rings. The van der Waals surface area contributed by atoms with Gasteiger partial charge in [0.05, 0.1) is 27.9 Å². The van der Waals surface area contributed by atoms with Crippen molar-refractivity contribution in [3.05, 3.63) is 58.1 Å². The summed E-state index contributed by atoms with van der Waals surface area (Å²) in [6.07, 6.45) is 0. The lowest BCUT2D eigenvalue weighted by Gasteiger charge is -2.09. The van der Waals surface area contributed by atoms with E-state index in [-0.39, 0.29) is 17.4 Å². The van der Waals surface area contributed by atoms with E-state index in [2.05, 4.69) is 6.07 Å². The van der Waals surface area contributed by atoms with Crippen molar-refractivity contribution in [2.45, 2.75) is 29.6 Å². The maximum absolute atomic E-state index is 11.2. The Morgan fingerprint density at radius 3 is 2.50 bits per heavy atom. The van der Waals surface area contributed by atoms with Gasteiger partial charge in [-0.3, -0.25) is 14.9 Å². The Labute approximate surface area is 143 Å². The normalized spacial score (nSPS) is 11.4. The van der Waals surface area contributed by atoms with Crippen LogP contribution in [0.4, 0.5) is 5.69 Å². The second-order valence-corrected chi connectivity index (χ2v) is 6.12. The number of nitriles is 1. The highest BCUT2D eigenvalue weighted by Gasteiger charge is 2.15. The third-order valence-electron chi connectivity index (χ3n) is 3.19. The van der Waals surface area contributed by atoms with Gasteiger partial charge >= 0.3 is 5.97 Å². The zero-order chi connectivity index (χ0) is 17.7. The van der Waals surface area contributed by atoms with Crippen LogP contribution in [0, 0.1) is 21.4 Å². The molecule has 0 saturated carbocycles. The molecule has 0 N–H and O–H groups in total. The number of hydrogen-bond donors (Lipinski definition) is 0. The predicted molar refractivity (Wildman–Crippen MR) is 89.0 cm³/mol. The minimum absolute atomic E-state index is 0.145. The minimum Gasteiger partial charge on any atom is -0.425 e. The number of nitro benzene ring substituents is 1. The minimum atomic E-state index is -0.546. The van der Waals surface area contributed by atoms with Crippen molar-refractivity contribution in [2.75, 3.05) is 0 Å². The summed E-state index contributed by atoms with van der Waals surface area (Å²) >= 11 is 1.32. The second kappa shape index (κ2) is 7.62. The Hall–Kier alpha value is -2.85. The smallest absolute Gasteiger partial charge is 0.308 e. The molecule has 24 heavy (non-hydrogen) atoms. The van der Waals surface area contributed by atoms with Gasteiger partial charge in [0.25, 0.3) is 5.69 Å². The standard InChI is InChI=1S/C17H14N2O4S/c1-11(10-18)13-3-6-15(7-4-13)24-17-8-5-14(19(21)22)9-16(17)23-12(2)20/h3-9,11H,1-2H3. The monoisotopic (exact) mass is 342 g/mol. The molecule has 1 atom stereocenters. The first-order valence-electron chi connectivity index (χ1n) is 7.05. The van der Waals surface area contributed by atoms with Crippen LogP contribution in [0.2, 0.25) is 0 Å². The van der Waals surface area contributed by atoms with Crippen LogP contribution in [0.15, 0.2) is 52.3 Å². The van der Waals surface area contributed by atoms with Crippen LogP contribution < -0.4 is 4.74 Å². The molecule has 0 bridgehead atoms. The molecule has 1 unspecified atom stereocenters. The van der Waals surface area contributed by atoms with E-state index >= 15 is 0 Å². The second-order valence-electron chi connectivity index (χ2n) is 5.00. The molecule has 0 heterocycles. The number of esters is 1. The van der Waals surface area contributed by atoms with Gasteiger partial charge in [-0.15, -0.1) is 0 Å². The number of non-ortho nitro benzene ring substituents is 1. The quantitative estimate of drug-likeness (QED) is 0.348. The number of nitro groups is 1. The van der Waals surface area contributed by atoms with E-state index in [4.69, 9.17) is 10.00 Å². The topological polar surface area (TPSA) is 93.2 Å². The van der Waals surface area contributed by atoms with Gasteiger partial charge in [0.1, 0.15) is 0 Å². The average molecular weight is 342 g/mol. The van der Waals surface area contributed by atoms with E-state index in [0.29, 0.717) is 4.90 Å². The number of ether oxygens (including phenoxy) is 1. The van der Waals surface area contributed by atoms with Crippen LogP contribution in [0.3, 0.4) is 0 Å². The van der Waals surface area contributed by atoms with Gasteiger partial charge < -0.3 is 4.74 Å². The lowest BCUT2D eigenvalue weighted by atomic mass is 10.0. The third-order valence-corrected chi connectivity index (χ3v) is 4.26. The van der Waals surface area contributed by atoms with E-state index in [0.717, 1.165) is 10.5 Å². The number of carbonyl (C=O) groups is 1. The van der Waals surface area contributed by atoms with Crippen LogP contribution in [-0.2, 0) is 4.79 Å². The zero-order valence-electron chi connectivity index (χ0n) is 13.1. The highest BCUT2D eigenvalue weighted by atomic mass is 32.2. The molecular formula is C17H14N2O4S. The summed E-state index contributed by atoms with van der Waals surface area (Å²) in [5, 5.41) is 19.8. The molecular weight excluding hydrogens is 328 g/mol. The molecule has 0 radical (unpaired) electrons. The first kappa shape index (κ1) is 17.5. The molecule has 0 aliphatic heterocycles. The summed E-state index contributed by atoms with van der Waals surface area (Å²) in [6, 6.07) is 13.7. The highest BCUT2D eigenvalue weighted by molar-refractivity contribution is 7.99. The van der Waals surface area contributed by atoms with Crippen molar-refractivity contribution >= 4 is 23.4 Å². The highest BCUT2D eigenvalue weighted by Crippen LogP contribution is 2.37. The number of nitrogens with zero attached hydrogens (tertiary/aromatic N) is 2. The van der Waals surface area contributed by atoms with Crippen molar-refractivity contribution in [1.29, 1.82) is 5.26 Å². The van der Waals surface area contributed by atoms with Crippen LogP contribution in [0.5, 0.6) is 5.75 Å². The van der Waals surface area contributed by atoms with Crippen molar-refractivity contribution < 1.29 is 14.5 Å². The van der Waals surface area contributed by atoms with Crippen LogP contribution >= 0.6 is 11.8 Å². The first-order chi connectivity index (χ1) is 11.4. The predicted octanol–water partition coefficient (Wildman–Crippen LogP) is 4.30. The molecule has 0 aliphatic carbocycles. The van der Waals surface area contributed by atoms with E-state index in [1.54, 1.807) is 6.07 Å². The van der Waals surface area contributed by atoms with Gasteiger partial charge in [-0.25, -0.2) is 0 Å². The fourth-order valence-electron chi connectivity index (χ4n) is 1.96. The largest absolute Gasteiger partial charge is 0.425 e. The van der Waals surface area contributed by atoms with E-state index in [1.165, 1.54) is 30.8 Å². The molecule has 122 valence electrons. The molecule has 0 amide bonds. The van der Waals surface area contributed by atoms with Gasteiger partial charge in [0.2, 0.25) is 0 Å². The van der Waals surface area contributed by atoms with E-state index in [9.17, 15) is 14.9 Å². The van der Waals surface area contributed by atoms with Gasteiger partial charge in [0, 0.05) is 17.9 Å². The van der Waals surface area contributed by atoms with Crippen LogP contribution in [-0.4, -0.2) is 10.9 Å². The number of rotatable bonds is 5. The number of hydrogen-bond acceptors (Lipinski definition) is 6. The van der Waals surface area contributed by atoms with Gasteiger partial charge in [-0.05, 0) is 30.7 Å². The fraction of sp³-hybridized carbons (Fsp3) is 0.176. The Balaban J connectivity index is 2.29. The van der Waals surface area contributed by atoms with Crippen molar-refractivity contribution in [3.63, 3.8) is 0 Å². The molecule has 0 aliphatic rings. The summed E-state index contributed by atoms with van der Waals surface area (Å²) in [4.78, 5) is 23.0. The Morgan fingerprint density at radius 2 is 1.96 bits per heavy atom. The third kappa shape index (κ3) is 4.33.